The minimum absolute atomic E-state index is 0.957. The molecule has 2 aromatic rings. The Morgan fingerprint density at radius 3 is 1.80 bits per heavy atom. The maximum Gasteiger partial charge on any atom is 0.0720 e. The Kier molecular flexibility index (Phi) is 2.88. The minimum atomic E-state index is 0.957. The van der Waals surface area contributed by atoms with Gasteiger partial charge in [-0.15, -0.1) is 0 Å². The highest BCUT2D eigenvalue weighted by molar-refractivity contribution is 5.75. The zero-order valence-electron chi connectivity index (χ0n) is 8.59. The summed E-state index contributed by atoms with van der Waals surface area (Å²) in [6.07, 6.45) is 5.62. The van der Waals surface area contributed by atoms with Gasteiger partial charge in [-0.25, -0.2) is 0 Å². The van der Waals surface area contributed by atoms with Crippen LogP contribution >= 0.6 is 0 Å². The van der Waals surface area contributed by atoms with E-state index in [0.717, 1.165) is 17.0 Å². The van der Waals surface area contributed by atoms with Crippen molar-refractivity contribution in [1.29, 1.82) is 0 Å². The van der Waals surface area contributed by atoms with Gasteiger partial charge in [-0.3, -0.25) is 9.97 Å². The molecule has 0 bridgehead atoms. The quantitative estimate of drug-likeness (QED) is 0.738. The van der Waals surface area contributed by atoms with Crippen molar-refractivity contribution in [2.45, 2.75) is 6.92 Å². The molecule has 2 heterocycles. The number of nitrogens with zero attached hydrogens (tertiary/aromatic N) is 2. The van der Waals surface area contributed by atoms with Crippen molar-refractivity contribution < 1.29 is 0 Å². The smallest absolute Gasteiger partial charge is 0.0720 e. The summed E-state index contributed by atoms with van der Waals surface area (Å²) in [5.41, 5.74) is 2.98. The van der Waals surface area contributed by atoms with Crippen LogP contribution in [0.5, 0.6) is 0 Å². The SMILES string of the molecule is CC=C(c1ccccn1)c1ccccn1. The molecule has 0 fully saturated rings. The number of hydrogen-bond acceptors (Lipinski definition) is 2. The second-order valence-corrected chi connectivity index (χ2v) is 3.13. The Hall–Kier alpha value is -1.96. The van der Waals surface area contributed by atoms with E-state index in [2.05, 4.69) is 9.97 Å². The topological polar surface area (TPSA) is 25.8 Å². The van der Waals surface area contributed by atoms with Gasteiger partial charge in [-0.2, -0.15) is 0 Å². The molecule has 2 nitrogen and oxygen atoms in total. The molecule has 15 heavy (non-hydrogen) atoms. The van der Waals surface area contributed by atoms with Crippen LogP contribution in [-0.4, -0.2) is 9.97 Å². The lowest BCUT2D eigenvalue weighted by Gasteiger charge is -2.04. The first-order valence-electron chi connectivity index (χ1n) is 4.91. The van der Waals surface area contributed by atoms with Crippen LogP contribution in [0.25, 0.3) is 5.57 Å². The molecule has 0 radical (unpaired) electrons. The number of allylic oxidation sites excluding steroid dienone is 1. The van der Waals surface area contributed by atoms with Crippen LogP contribution < -0.4 is 0 Å². The van der Waals surface area contributed by atoms with Gasteiger partial charge in [-0.05, 0) is 31.2 Å². The molecule has 0 aromatic carbocycles. The van der Waals surface area contributed by atoms with Gasteiger partial charge < -0.3 is 0 Å². The van der Waals surface area contributed by atoms with E-state index in [4.69, 9.17) is 0 Å². The fraction of sp³-hybridized carbons (Fsp3) is 0.0769. The molecule has 0 spiro atoms. The number of rotatable bonds is 2. The average molecular weight is 196 g/mol. The summed E-state index contributed by atoms with van der Waals surface area (Å²) < 4.78 is 0. The van der Waals surface area contributed by atoms with E-state index in [-0.39, 0.29) is 0 Å². The summed E-state index contributed by atoms with van der Waals surface area (Å²) in [7, 11) is 0. The van der Waals surface area contributed by atoms with E-state index in [0.29, 0.717) is 0 Å². The molecule has 74 valence electrons. The molecule has 0 amide bonds. The van der Waals surface area contributed by atoms with Crippen molar-refractivity contribution >= 4 is 5.57 Å². The summed E-state index contributed by atoms with van der Waals surface area (Å²) in [5, 5.41) is 0. The van der Waals surface area contributed by atoms with Crippen LogP contribution in [0.3, 0.4) is 0 Å². The van der Waals surface area contributed by atoms with Gasteiger partial charge in [0.25, 0.3) is 0 Å². The standard InChI is InChI=1S/C13H12N2/c1-2-11(12-7-3-5-9-14-12)13-8-4-6-10-15-13/h2-10H,1H3. The Labute approximate surface area is 89.3 Å². The lowest BCUT2D eigenvalue weighted by molar-refractivity contribution is 1.22. The monoisotopic (exact) mass is 196 g/mol. The fourth-order valence-corrected chi connectivity index (χ4v) is 1.47. The van der Waals surface area contributed by atoms with Crippen LogP contribution in [-0.2, 0) is 0 Å². The van der Waals surface area contributed by atoms with E-state index < -0.39 is 0 Å². The number of aromatic nitrogens is 2. The molecular weight excluding hydrogens is 184 g/mol. The molecule has 0 N–H and O–H groups in total. The first kappa shape index (κ1) is 9.59. The summed E-state index contributed by atoms with van der Waals surface area (Å²) in [6, 6.07) is 11.8. The predicted molar refractivity (Wildman–Crippen MR) is 61.2 cm³/mol. The van der Waals surface area contributed by atoms with Crippen LogP contribution in [0, 0.1) is 0 Å². The van der Waals surface area contributed by atoms with Gasteiger partial charge >= 0.3 is 0 Å². The Bertz CT molecular complexity index is 405. The Morgan fingerprint density at radius 2 is 1.47 bits per heavy atom. The van der Waals surface area contributed by atoms with Crippen molar-refractivity contribution in [1.82, 2.24) is 9.97 Å². The van der Waals surface area contributed by atoms with Gasteiger partial charge in [0.15, 0.2) is 0 Å². The van der Waals surface area contributed by atoms with E-state index in [1.807, 2.05) is 49.4 Å². The zero-order valence-corrected chi connectivity index (χ0v) is 8.59. The maximum absolute atomic E-state index is 4.32. The summed E-state index contributed by atoms with van der Waals surface area (Å²) in [5.74, 6) is 0. The normalized spacial score (nSPS) is 9.67. The zero-order chi connectivity index (χ0) is 10.5. The highest BCUT2D eigenvalue weighted by Gasteiger charge is 2.04. The summed E-state index contributed by atoms with van der Waals surface area (Å²) in [6.45, 7) is 2.00. The maximum atomic E-state index is 4.32. The molecule has 0 saturated carbocycles. The highest BCUT2D eigenvalue weighted by atomic mass is 14.7. The Morgan fingerprint density at radius 1 is 0.933 bits per heavy atom. The van der Waals surface area contributed by atoms with E-state index in [1.54, 1.807) is 12.4 Å². The molecule has 0 aliphatic heterocycles. The number of hydrogen-bond donors (Lipinski definition) is 0. The molecule has 2 rings (SSSR count). The second kappa shape index (κ2) is 4.51. The van der Waals surface area contributed by atoms with Crippen LogP contribution in [0.1, 0.15) is 18.3 Å². The summed E-state index contributed by atoms with van der Waals surface area (Å²) in [4.78, 5) is 8.64. The molecule has 0 aliphatic carbocycles. The summed E-state index contributed by atoms with van der Waals surface area (Å²) >= 11 is 0. The van der Waals surface area contributed by atoms with Crippen molar-refractivity contribution in [3.05, 3.63) is 66.3 Å². The van der Waals surface area contributed by atoms with Crippen molar-refractivity contribution in [2.75, 3.05) is 0 Å². The predicted octanol–water partition coefficient (Wildman–Crippen LogP) is 2.93. The molecule has 0 saturated heterocycles. The first-order chi connectivity index (χ1) is 7.42. The van der Waals surface area contributed by atoms with Crippen molar-refractivity contribution in [3.8, 4) is 0 Å². The third-order valence-electron chi connectivity index (χ3n) is 2.17. The van der Waals surface area contributed by atoms with Gasteiger partial charge in [0, 0.05) is 18.0 Å². The largest absolute Gasteiger partial charge is 0.256 e. The van der Waals surface area contributed by atoms with E-state index in [9.17, 15) is 0 Å². The lowest BCUT2D eigenvalue weighted by atomic mass is 10.1. The van der Waals surface area contributed by atoms with Gasteiger partial charge in [-0.1, -0.05) is 18.2 Å². The van der Waals surface area contributed by atoms with Crippen molar-refractivity contribution in [3.63, 3.8) is 0 Å². The second-order valence-electron chi connectivity index (χ2n) is 3.13. The molecule has 0 unspecified atom stereocenters. The molecule has 2 heteroatoms. The Balaban J connectivity index is 2.44. The van der Waals surface area contributed by atoms with Crippen LogP contribution in [0.2, 0.25) is 0 Å². The third-order valence-corrected chi connectivity index (χ3v) is 2.17. The minimum Gasteiger partial charge on any atom is -0.256 e. The lowest BCUT2D eigenvalue weighted by Crippen LogP contribution is -1.92. The average Bonchev–Trinajstić information content (AvgIpc) is 2.33. The molecule has 0 aliphatic rings. The molecule has 0 atom stereocenters. The number of pyridine rings is 2. The fourth-order valence-electron chi connectivity index (χ4n) is 1.47. The molecule has 2 aromatic heterocycles. The van der Waals surface area contributed by atoms with E-state index in [1.165, 1.54) is 0 Å². The van der Waals surface area contributed by atoms with Crippen LogP contribution in [0.15, 0.2) is 54.9 Å². The first-order valence-corrected chi connectivity index (χ1v) is 4.91. The van der Waals surface area contributed by atoms with E-state index >= 15 is 0 Å². The van der Waals surface area contributed by atoms with Crippen molar-refractivity contribution in [2.24, 2.45) is 0 Å². The highest BCUT2D eigenvalue weighted by Crippen LogP contribution is 2.18. The van der Waals surface area contributed by atoms with Gasteiger partial charge in [0.2, 0.25) is 0 Å². The third kappa shape index (κ3) is 2.10. The van der Waals surface area contributed by atoms with Gasteiger partial charge in [0.1, 0.15) is 0 Å². The molecular formula is C13H12N2. The van der Waals surface area contributed by atoms with Gasteiger partial charge in [0.05, 0.1) is 11.4 Å². The van der Waals surface area contributed by atoms with Crippen LogP contribution in [0.4, 0.5) is 0 Å².